The molecule has 236 valence electrons. The summed E-state index contributed by atoms with van der Waals surface area (Å²) < 4.78 is 43.3. The van der Waals surface area contributed by atoms with Crippen LogP contribution >= 0.6 is 0 Å². The first-order chi connectivity index (χ1) is 18.7. The predicted molar refractivity (Wildman–Crippen MR) is 139 cm³/mol. The Bertz CT molecular complexity index is 929. The molecule has 3 aliphatic rings. The SMILES string of the molecule is CC(C)(C)OC(=O)C[N+]1(CC2CN(C(=O)OC(C)(C)C)C2)CCN(C(=O)N2CCNCC2)CC1.O=C([O-])C(F)(F)F. The first-order valence-electron chi connectivity index (χ1n) is 13.8. The molecule has 12 nitrogen and oxygen atoms in total. The summed E-state index contributed by atoms with van der Waals surface area (Å²) in [6, 6.07) is 0.0938. The van der Waals surface area contributed by atoms with Gasteiger partial charge in [-0.2, -0.15) is 13.2 Å². The maximum Gasteiger partial charge on any atom is 0.430 e. The van der Waals surface area contributed by atoms with Gasteiger partial charge in [-0.05, 0) is 41.5 Å². The largest absolute Gasteiger partial charge is 0.542 e. The number of piperazine rings is 2. The zero-order chi connectivity index (χ0) is 31.2. The number of quaternary nitrogens is 1. The quantitative estimate of drug-likeness (QED) is 0.370. The number of aliphatic carboxylic acids is 1. The number of carboxylic acids is 1. The number of alkyl halides is 3. The Hall–Kier alpha value is -2.81. The van der Waals surface area contributed by atoms with Crippen LogP contribution in [0.25, 0.3) is 0 Å². The molecule has 15 heteroatoms. The molecule has 0 aromatic heterocycles. The third-order valence-corrected chi connectivity index (χ3v) is 6.72. The fourth-order valence-corrected chi connectivity index (χ4v) is 4.90. The molecule has 0 atom stereocenters. The molecule has 0 aliphatic carbocycles. The van der Waals surface area contributed by atoms with Crippen LogP contribution in [0.3, 0.4) is 0 Å². The van der Waals surface area contributed by atoms with E-state index in [1.165, 1.54) is 0 Å². The zero-order valence-corrected chi connectivity index (χ0v) is 24.8. The topological polar surface area (TPSA) is 132 Å². The van der Waals surface area contributed by atoms with Crippen LogP contribution in [0.4, 0.5) is 22.8 Å². The number of hydrogen-bond acceptors (Lipinski definition) is 8. The summed E-state index contributed by atoms with van der Waals surface area (Å²) in [5.74, 6) is -2.92. The number of carbonyl (C=O) groups is 4. The van der Waals surface area contributed by atoms with Crippen LogP contribution in [0.5, 0.6) is 0 Å². The number of nitrogens with zero attached hydrogens (tertiary/aromatic N) is 4. The van der Waals surface area contributed by atoms with Crippen LogP contribution in [-0.2, 0) is 19.1 Å². The van der Waals surface area contributed by atoms with Crippen molar-refractivity contribution in [3.63, 3.8) is 0 Å². The Morgan fingerprint density at radius 2 is 1.29 bits per heavy atom. The average molecular weight is 596 g/mol. The first kappa shape index (κ1) is 34.4. The molecule has 0 aromatic carbocycles. The van der Waals surface area contributed by atoms with E-state index in [0.29, 0.717) is 49.7 Å². The van der Waals surface area contributed by atoms with E-state index in [2.05, 4.69) is 5.32 Å². The first-order valence-corrected chi connectivity index (χ1v) is 13.8. The number of ether oxygens (including phenoxy) is 2. The Morgan fingerprint density at radius 1 is 0.829 bits per heavy atom. The van der Waals surface area contributed by atoms with Crippen molar-refractivity contribution in [2.45, 2.75) is 58.9 Å². The number of amides is 3. The van der Waals surface area contributed by atoms with Gasteiger partial charge in [0.2, 0.25) is 0 Å². The highest BCUT2D eigenvalue weighted by molar-refractivity contribution is 5.75. The molecular formula is C26H44F3N5O7. The van der Waals surface area contributed by atoms with Gasteiger partial charge in [0, 0.05) is 45.2 Å². The molecule has 3 fully saturated rings. The maximum absolute atomic E-state index is 13.0. The van der Waals surface area contributed by atoms with Crippen molar-refractivity contribution >= 4 is 24.1 Å². The lowest BCUT2D eigenvalue weighted by atomic mass is 9.97. The van der Waals surface area contributed by atoms with Gasteiger partial charge in [0.25, 0.3) is 0 Å². The van der Waals surface area contributed by atoms with Crippen LogP contribution in [0.2, 0.25) is 0 Å². The van der Waals surface area contributed by atoms with Crippen LogP contribution in [0, 0.1) is 5.92 Å². The number of hydrogen-bond donors (Lipinski definition) is 1. The highest BCUT2D eigenvalue weighted by atomic mass is 19.4. The highest BCUT2D eigenvalue weighted by Crippen LogP contribution is 2.26. The standard InChI is InChI=1S/C24H44N5O5.C2HF3O2/c1-23(2,3)33-20(30)18-29(17-19-15-28(16-19)22(32)34-24(4,5)6)13-11-27(12-14-29)21(31)26-9-7-25-8-10-26;3-2(4,5)1(6)7/h19,25H,7-18H2,1-6H3;(H,6,7)/q+1;/p-1. The molecule has 41 heavy (non-hydrogen) atoms. The number of urea groups is 1. The molecular weight excluding hydrogens is 551 g/mol. The lowest BCUT2D eigenvalue weighted by molar-refractivity contribution is -0.928. The Morgan fingerprint density at radius 3 is 1.73 bits per heavy atom. The fourth-order valence-electron chi connectivity index (χ4n) is 4.90. The second-order valence-corrected chi connectivity index (χ2v) is 12.8. The van der Waals surface area contributed by atoms with E-state index in [4.69, 9.17) is 19.4 Å². The van der Waals surface area contributed by atoms with Gasteiger partial charge in [-0.25, -0.2) is 14.4 Å². The normalized spacial score (nSPS) is 19.9. The zero-order valence-electron chi connectivity index (χ0n) is 24.8. The summed E-state index contributed by atoms with van der Waals surface area (Å²) in [6.07, 6.45) is -5.48. The Labute approximate surface area is 239 Å². The summed E-state index contributed by atoms with van der Waals surface area (Å²) in [5, 5.41) is 12.1. The lowest BCUT2D eigenvalue weighted by Gasteiger charge is -2.49. The molecule has 0 aromatic rings. The molecule has 3 heterocycles. The molecule has 3 rings (SSSR count). The summed E-state index contributed by atoms with van der Waals surface area (Å²) in [4.78, 5) is 52.4. The van der Waals surface area contributed by atoms with Gasteiger partial charge in [0.05, 0.1) is 32.7 Å². The molecule has 0 saturated carbocycles. The molecule has 0 spiro atoms. The Kier molecular flexibility index (Phi) is 11.3. The number of likely N-dealkylation sites (tertiary alicyclic amines) is 1. The van der Waals surface area contributed by atoms with E-state index < -0.39 is 23.3 Å². The molecule has 3 amide bonds. The van der Waals surface area contributed by atoms with Gasteiger partial charge in [-0.15, -0.1) is 0 Å². The monoisotopic (exact) mass is 595 g/mol. The van der Waals surface area contributed by atoms with E-state index in [1.807, 2.05) is 51.3 Å². The van der Waals surface area contributed by atoms with E-state index in [0.717, 1.165) is 32.7 Å². The number of halogens is 3. The number of nitrogens with one attached hydrogen (secondary N) is 1. The summed E-state index contributed by atoms with van der Waals surface area (Å²) in [7, 11) is 0. The second kappa shape index (κ2) is 13.4. The van der Waals surface area contributed by atoms with Crippen molar-refractivity contribution in [3.05, 3.63) is 0 Å². The highest BCUT2D eigenvalue weighted by Gasteiger charge is 2.44. The third kappa shape index (κ3) is 11.5. The minimum atomic E-state index is -5.19. The molecule has 1 N–H and O–H groups in total. The van der Waals surface area contributed by atoms with Crippen molar-refractivity contribution in [2.75, 3.05) is 78.5 Å². The van der Waals surface area contributed by atoms with E-state index >= 15 is 0 Å². The lowest BCUT2D eigenvalue weighted by Crippen LogP contribution is -2.67. The summed E-state index contributed by atoms with van der Waals surface area (Å²) in [6.45, 7) is 19.3. The van der Waals surface area contributed by atoms with Gasteiger partial charge in [0.15, 0.2) is 6.54 Å². The summed E-state index contributed by atoms with van der Waals surface area (Å²) >= 11 is 0. The number of rotatable bonds is 4. The second-order valence-electron chi connectivity index (χ2n) is 12.8. The van der Waals surface area contributed by atoms with Crippen LogP contribution in [0.15, 0.2) is 0 Å². The van der Waals surface area contributed by atoms with E-state index in [9.17, 15) is 27.6 Å². The number of esters is 1. The smallest absolute Gasteiger partial charge is 0.430 e. The number of carbonyl (C=O) groups excluding carboxylic acids is 4. The Balaban J connectivity index is 0.000000745. The van der Waals surface area contributed by atoms with Crippen molar-refractivity contribution in [2.24, 2.45) is 5.92 Å². The van der Waals surface area contributed by atoms with Crippen molar-refractivity contribution in [1.29, 1.82) is 0 Å². The minimum absolute atomic E-state index is 0.0938. The van der Waals surface area contributed by atoms with Gasteiger partial charge in [0.1, 0.15) is 17.2 Å². The van der Waals surface area contributed by atoms with Crippen LogP contribution < -0.4 is 10.4 Å². The van der Waals surface area contributed by atoms with Gasteiger partial charge in [-0.1, -0.05) is 0 Å². The van der Waals surface area contributed by atoms with Crippen LogP contribution in [-0.4, -0.2) is 139 Å². The third-order valence-electron chi connectivity index (χ3n) is 6.72. The van der Waals surface area contributed by atoms with Crippen molar-refractivity contribution < 1.29 is 51.4 Å². The molecule has 3 aliphatic heterocycles. The van der Waals surface area contributed by atoms with E-state index in [-0.39, 0.29) is 24.6 Å². The average Bonchev–Trinajstić information content (AvgIpc) is 2.79. The van der Waals surface area contributed by atoms with Gasteiger partial charge < -0.3 is 43.9 Å². The minimum Gasteiger partial charge on any atom is -0.542 e. The van der Waals surface area contributed by atoms with Gasteiger partial charge in [-0.3, -0.25) is 0 Å². The van der Waals surface area contributed by atoms with Gasteiger partial charge >= 0.3 is 24.3 Å². The van der Waals surface area contributed by atoms with Crippen molar-refractivity contribution in [3.8, 4) is 0 Å². The predicted octanol–water partition coefficient (Wildman–Crippen LogP) is 0.651. The summed E-state index contributed by atoms with van der Waals surface area (Å²) in [5.41, 5.74) is -1.05. The number of carboxylic acid groups (broad SMARTS) is 1. The van der Waals surface area contributed by atoms with Crippen molar-refractivity contribution in [1.82, 2.24) is 20.0 Å². The maximum atomic E-state index is 13.0. The molecule has 0 radical (unpaired) electrons. The molecule has 0 unspecified atom stereocenters. The van der Waals surface area contributed by atoms with Crippen LogP contribution in [0.1, 0.15) is 41.5 Å². The molecule has 0 bridgehead atoms. The fraction of sp³-hybridized carbons (Fsp3) is 0.846. The molecule has 3 saturated heterocycles. The van der Waals surface area contributed by atoms with E-state index in [1.54, 1.807) is 4.90 Å².